The number of carbonyl (C=O) groups excluding carboxylic acids is 2. The van der Waals surface area contributed by atoms with Gasteiger partial charge in [0.2, 0.25) is 11.8 Å². The fourth-order valence-corrected chi connectivity index (χ4v) is 1.72. The lowest BCUT2D eigenvalue weighted by Gasteiger charge is -2.31. The summed E-state index contributed by atoms with van der Waals surface area (Å²) in [4.78, 5) is 23.1. The smallest absolute Gasteiger partial charge is 0.223 e. The van der Waals surface area contributed by atoms with E-state index in [0.29, 0.717) is 32.0 Å². The molecule has 1 unspecified atom stereocenters. The van der Waals surface area contributed by atoms with Gasteiger partial charge in [0, 0.05) is 32.5 Å². The van der Waals surface area contributed by atoms with Crippen molar-refractivity contribution in [2.24, 2.45) is 11.8 Å². The van der Waals surface area contributed by atoms with Crippen LogP contribution in [0.3, 0.4) is 0 Å². The van der Waals surface area contributed by atoms with E-state index in [1.54, 1.807) is 7.11 Å². The Bertz CT molecular complexity index is 280. The SMILES string of the molecule is COCCNC(=O)CCNC(=O)C(C)C1CNC1. The molecule has 6 heteroatoms. The first-order chi connectivity index (χ1) is 8.65. The van der Waals surface area contributed by atoms with Crippen LogP contribution < -0.4 is 16.0 Å². The standard InChI is InChI=1S/C12H23N3O3/c1-9(10-7-13-8-10)12(17)15-4-3-11(16)14-5-6-18-2/h9-10,13H,3-8H2,1-2H3,(H,14,16)(H,15,17). The van der Waals surface area contributed by atoms with Gasteiger partial charge in [-0.1, -0.05) is 6.92 Å². The van der Waals surface area contributed by atoms with Crippen LogP contribution in [0.1, 0.15) is 13.3 Å². The molecular weight excluding hydrogens is 234 g/mol. The van der Waals surface area contributed by atoms with Crippen LogP contribution in [0.25, 0.3) is 0 Å². The highest BCUT2D eigenvalue weighted by molar-refractivity contribution is 5.80. The average Bonchev–Trinajstić information content (AvgIpc) is 2.26. The zero-order chi connectivity index (χ0) is 13.4. The van der Waals surface area contributed by atoms with Gasteiger partial charge in [0.25, 0.3) is 0 Å². The minimum absolute atomic E-state index is 0.0165. The highest BCUT2D eigenvalue weighted by Gasteiger charge is 2.28. The first kappa shape index (κ1) is 14.9. The summed E-state index contributed by atoms with van der Waals surface area (Å²) < 4.78 is 4.82. The van der Waals surface area contributed by atoms with E-state index in [9.17, 15) is 9.59 Å². The molecule has 6 nitrogen and oxygen atoms in total. The van der Waals surface area contributed by atoms with Crippen LogP contribution >= 0.6 is 0 Å². The predicted octanol–water partition coefficient (Wildman–Crippen LogP) is -0.889. The summed E-state index contributed by atoms with van der Waals surface area (Å²) in [7, 11) is 1.59. The van der Waals surface area contributed by atoms with Gasteiger partial charge in [-0.15, -0.1) is 0 Å². The Labute approximate surface area is 108 Å². The van der Waals surface area contributed by atoms with Crippen LogP contribution in [0, 0.1) is 11.8 Å². The molecule has 1 heterocycles. The van der Waals surface area contributed by atoms with Crippen LogP contribution in [0.4, 0.5) is 0 Å². The molecule has 18 heavy (non-hydrogen) atoms. The zero-order valence-electron chi connectivity index (χ0n) is 11.1. The second-order valence-corrected chi connectivity index (χ2v) is 4.59. The van der Waals surface area contributed by atoms with Crippen LogP contribution in [0.2, 0.25) is 0 Å². The van der Waals surface area contributed by atoms with Crippen molar-refractivity contribution in [2.75, 3.05) is 39.9 Å². The van der Waals surface area contributed by atoms with Crippen molar-refractivity contribution >= 4 is 11.8 Å². The van der Waals surface area contributed by atoms with Gasteiger partial charge in [-0.05, 0) is 19.0 Å². The summed E-state index contributed by atoms with van der Waals surface area (Å²) in [5, 5.41) is 8.64. The van der Waals surface area contributed by atoms with Crippen LogP contribution in [-0.4, -0.2) is 51.7 Å². The van der Waals surface area contributed by atoms with Crippen molar-refractivity contribution in [3.05, 3.63) is 0 Å². The topological polar surface area (TPSA) is 79.5 Å². The molecule has 0 aliphatic carbocycles. The number of rotatable bonds is 8. The van der Waals surface area contributed by atoms with Gasteiger partial charge >= 0.3 is 0 Å². The number of carbonyl (C=O) groups is 2. The van der Waals surface area contributed by atoms with E-state index in [1.165, 1.54) is 0 Å². The molecule has 0 aromatic heterocycles. The average molecular weight is 257 g/mol. The summed E-state index contributed by atoms with van der Waals surface area (Å²) in [5.74, 6) is 0.417. The molecule has 3 N–H and O–H groups in total. The number of nitrogens with one attached hydrogen (secondary N) is 3. The number of amides is 2. The first-order valence-electron chi connectivity index (χ1n) is 6.39. The maximum absolute atomic E-state index is 11.7. The van der Waals surface area contributed by atoms with Crippen molar-refractivity contribution in [3.8, 4) is 0 Å². The lowest BCUT2D eigenvalue weighted by atomic mass is 9.88. The normalized spacial score (nSPS) is 16.8. The van der Waals surface area contributed by atoms with Crippen LogP contribution in [-0.2, 0) is 14.3 Å². The quantitative estimate of drug-likeness (QED) is 0.493. The Hall–Kier alpha value is -1.14. The largest absolute Gasteiger partial charge is 0.383 e. The summed E-state index contributed by atoms with van der Waals surface area (Å²) in [6, 6.07) is 0. The molecule has 2 amide bonds. The molecule has 0 radical (unpaired) electrons. The van der Waals surface area contributed by atoms with E-state index in [2.05, 4.69) is 16.0 Å². The molecule has 1 fully saturated rings. The van der Waals surface area contributed by atoms with Crippen LogP contribution in [0.5, 0.6) is 0 Å². The fraction of sp³-hybridized carbons (Fsp3) is 0.833. The maximum atomic E-state index is 11.7. The molecule has 1 aliphatic heterocycles. The molecule has 104 valence electrons. The van der Waals surface area contributed by atoms with E-state index >= 15 is 0 Å². The van der Waals surface area contributed by atoms with Gasteiger partial charge in [-0.2, -0.15) is 0 Å². The van der Waals surface area contributed by atoms with E-state index in [1.807, 2.05) is 6.92 Å². The Morgan fingerprint density at radius 2 is 2.06 bits per heavy atom. The van der Waals surface area contributed by atoms with Gasteiger partial charge in [0.15, 0.2) is 0 Å². The number of hydrogen-bond donors (Lipinski definition) is 3. The Morgan fingerprint density at radius 3 is 2.61 bits per heavy atom. The van der Waals surface area contributed by atoms with Gasteiger partial charge in [0.1, 0.15) is 0 Å². The fourth-order valence-electron chi connectivity index (χ4n) is 1.72. The third kappa shape index (κ3) is 5.01. The molecule has 0 aromatic carbocycles. The molecular formula is C12H23N3O3. The summed E-state index contributed by atoms with van der Waals surface area (Å²) in [5.41, 5.74) is 0. The van der Waals surface area contributed by atoms with E-state index in [0.717, 1.165) is 13.1 Å². The van der Waals surface area contributed by atoms with Crippen molar-refractivity contribution < 1.29 is 14.3 Å². The highest BCUT2D eigenvalue weighted by atomic mass is 16.5. The van der Waals surface area contributed by atoms with Gasteiger partial charge in [-0.3, -0.25) is 9.59 Å². The molecule has 1 saturated heterocycles. The third-order valence-corrected chi connectivity index (χ3v) is 3.21. The van der Waals surface area contributed by atoms with E-state index in [4.69, 9.17) is 4.74 Å². The number of hydrogen-bond acceptors (Lipinski definition) is 4. The Kier molecular flexibility index (Phi) is 6.67. The second-order valence-electron chi connectivity index (χ2n) is 4.59. The third-order valence-electron chi connectivity index (χ3n) is 3.21. The molecule has 0 bridgehead atoms. The van der Waals surface area contributed by atoms with Gasteiger partial charge in [0.05, 0.1) is 6.61 Å². The monoisotopic (exact) mass is 257 g/mol. The second kappa shape index (κ2) is 8.05. The van der Waals surface area contributed by atoms with Gasteiger partial charge < -0.3 is 20.7 Å². The minimum atomic E-state index is -0.0645. The van der Waals surface area contributed by atoms with Crippen molar-refractivity contribution in [1.82, 2.24) is 16.0 Å². The van der Waals surface area contributed by atoms with Crippen molar-refractivity contribution in [2.45, 2.75) is 13.3 Å². The molecule has 0 saturated carbocycles. The summed E-state index contributed by atoms with van der Waals surface area (Å²) >= 11 is 0. The number of ether oxygens (including phenoxy) is 1. The molecule has 0 aromatic rings. The zero-order valence-corrected chi connectivity index (χ0v) is 11.1. The first-order valence-corrected chi connectivity index (χ1v) is 6.39. The maximum Gasteiger partial charge on any atom is 0.223 e. The molecule has 1 atom stereocenters. The Morgan fingerprint density at radius 1 is 1.33 bits per heavy atom. The van der Waals surface area contributed by atoms with E-state index in [-0.39, 0.29) is 17.7 Å². The van der Waals surface area contributed by atoms with Gasteiger partial charge in [-0.25, -0.2) is 0 Å². The number of methoxy groups -OCH3 is 1. The van der Waals surface area contributed by atoms with Crippen molar-refractivity contribution in [3.63, 3.8) is 0 Å². The van der Waals surface area contributed by atoms with Crippen LogP contribution in [0.15, 0.2) is 0 Å². The molecule has 1 aliphatic rings. The molecule has 1 rings (SSSR count). The van der Waals surface area contributed by atoms with E-state index < -0.39 is 0 Å². The molecule has 0 spiro atoms. The Balaban J connectivity index is 2.05. The minimum Gasteiger partial charge on any atom is -0.383 e. The lowest BCUT2D eigenvalue weighted by molar-refractivity contribution is -0.126. The summed E-state index contributed by atoms with van der Waals surface area (Å²) in [6.45, 7) is 5.15. The predicted molar refractivity (Wildman–Crippen MR) is 68.0 cm³/mol. The lowest BCUT2D eigenvalue weighted by Crippen LogP contribution is -2.49. The summed E-state index contributed by atoms with van der Waals surface area (Å²) in [6.07, 6.45) is 0.311. The van der Waals surface area contributed by atoms with Crippen molar-refractivity contribution in [1.29, 1.82) is 0 Å². The highest BCUT2D eigenvalue weighted by Crippen LogP contribution is 2.15.